The van der Waals surface area contributed by atoms with Gasteiger partial charge in [0.25, 0.3) is 0 Å². The van der Waals surface area contributed by atoms with Crippen LogP contribution in [0.15, 0.2) is 24.3 Å². The number of rotatable bonds is 6. The van der Waals surface area contributed by atoms with Crippen LogP contribution in [0.25, 0.3) is 0 Å². The predicted molar refractivity (Wildman–Crippen MR) is 65.1 cm³/mol. The molecule has 0 spiro atoms. The molecule has 0 atom stereocenters. The maximum Gasteiger partial charge on any atom is 0.306 e. The summed E-state index contributed by atoms with van der Waals surface area (Å²) in [6.07, 6.45) is 3.70. The molecule has 2 heteroatoms. The second kappa shape index (κ2) is 7.04. The molecule has 2 nitrogen and oxygen atoms in total. The van der Waals surface area contributed by atoms with Crippen molar-refractivity contribution in [2.45, 2.75) is 46.1 Å². The summed E-state index contributed by atoms with van der Waals surface area (Å²) in [6.45, 7) is 4.56. The van der Waals surface area contributed by atoms with Gasteiger partial charge in [-0.05, 0) is 18.9 Å². The van der Waals surface area contributed by atoms with Crippen LogP contribution in [-0.4, -0.2) is 5.97 Å². The van der Waals surface area contributed by atoms with Gasteiger partial charge in [0.2, 0.25) is 0 Å². The molecule has 0 saturated heterocycles. The van der Waals surface area contributed by atoms with Gasteiger partial charge in [-0.25, -0.2) is 0 Å². The van der Waals surface area contributed by atoms with Crippen molar-refractivity contribution in [2.75, 3.05) is 0 Å². The molecule has 0 heterocycles. The average Bonchev–Trinajstić information content (AvgIpc) is 2.29. The summed E-state index contributed by atoms with van der Waals surface area (Å²) in [5.41, 5.74) is 2.27. The maximum absolute atomic E-state index is 11.3. The molecule has 1 aromatic carbocycles. The fourth-order valence-electron chi connectivity index (χ4n) is 1.44. The molecule has 0 radical (unpaired) electrons. The van der Waals surface area contributed by atoms with E-state index in [2.05, 4.69) is 6.92 Å². The number of aryl methyl sites for hydroxylation is 1. The molecule has 0 aliphatic rings. The molecule has 0 aromatic heterocycles. The van der Waals surface area contributed by atoms with Crippen LogP contribution in [-0.2, 0) is 16.1 Å². The Labute approximate surface area is 97.6 Å². The minimum Gasteiger partial charge on any atom is -0.461 e. The Morgan fingerprint density at radius 3 is 2.50 bits per heavy atom. The lowest BCUT2D eigenvalue weighted by atomic mass is 10.2. The summed E-state index contributed by atoms with van der Waals surface area (Å²) in [5.74, 6) is -0.0889. The molecular formula is C14H20O2. The Kier molecular flexibility index (Phi) is 5.62. The second-order valence-electron chi connectivity index (χ2n) is 4.10. The van der Waals surface area contributed by atoms with Crippen molar-refractivity contribution < 1.29 is 9.53 Å². The number of unbranched alkanes of at least 4 members (excludes halogenated alkanes) is 2. The second-order valence-corrected chi connectivity index (χ2v) is 4.10. The summed E-state index contributed by atoms with van der Waals surface area (Å²) in [7, 11) is 0. The Morgan fingerprint density at radius 2 is 1.88 bits per heavy atom. The van der Waals surface area contributed by atoms with E-state index in [-0.39, 0.29) is 5.97 Å². The van der Waals surface area contributed by atoms with Crippen molar-refractivity contribution in [1.82, 2.24) is 0 Å². The van der Waals surface area contributed by atoms with Crippen LogP contribution in [0.1, 0.15) is 43.7 Å². The van der Waals surface area contributed by atoms with Gasteiger partial charge >= 0.3 is 5.97 Å². The Bertz CT molecular complexity index is 314. The summed E-state index contributed by atoms with van der Waals surface area (Å²) in [4.78, 5) is 11.3. The first kappa shape index (κ1) is 12.8. The zero-order valence-corrected chi connectivity index (χ0v) is 10.2. The van der Waals surface area contributed by atoms with Crippen LogP contribution in [0.4, 0.5) is 0 Å². The van der Waals surface area contributed by atoms with Gasteiger partial charge in [0.15, 0.2) is 0 Å². The fourth-order valence-corrected chi connectivity index (χ4v) is 1.44. The van der Waals surface area contributed by atoms with Crippen LogP contribution in [0.2, 0.25) is 0 Å². The van der Waals surface area contributed by atoms with Crippen LogP contribution < -0.4 is 0 Å². The number of carbonyl (C=O) groups is 1. The monoisotopic (exact) mass is 220 g/mol. The highest BCUT2D eigenvalue weighted by Crippen LogP contribution is 2.06. The van der Waals surface area contributed by atoms with E-state index in [1.807, 2.05) is 31.2 Å². The Hall–Kier alpha value is -1.31. The van der Waals surface area contributed by atoms with Crippen molar-refractivity contribution in [2.24, 2.45) is 0 Å². The summed E-state index contributed by atoms with van der Waals surface area (Å²) in [5, 5.41) is 0. The van der Waals surface area contributed by atoms with Crippen molar-refractivity contribution in [3.63, 3.8) is 0 Å². The predicted octanol–water partition coefficient (Wildman–Crippen LogP) is 3.62. The summed E-state index contributed by atoms with van der Waals surface area (Å²) >= 11 is 0. The largest absolute Gasteiger partial charge is 0.461 e. The van der Waals surface area contributed by atoms with E-state index in [0.717, 1.165) is 24.8 Å². The van der Waals surface area contributed by atoms with Gasteiger partial charge in [0.05, 0.1) is 0 Å². The van der Waals surface area contributed by atoms with Crippen molar-refractivity contribution in [3.05, 3.63) is 35.4 Å². The van der Waals surface area contributed by atoms with Crippen LogP contribution in [0.3, 0.4) is 0 Å². The van der Waals surface area contributed by atoms with E-state index in [9.17, 15) is 4.79 Å². The number of benzene rings is 1. The molecule has 16 heavy (non-hydrogen) atoms. The Balaban J connectivity index is 2.23. The van der Waals surface area contributed by atoms with Crippen LogP contribution >= 0.6 is 0 Å². The van der Waals surface area contributed by atoms with Gasteiger partial charge in [-0.2, -0.15) is 0 Å². The highest BCUT2D eigenvalue weighted by molar-refractivity contribution is 5.69. The molecule has 0 saturated carbocycles. The van der Waals surface area contributed by atoms with Gasteiger partial charge < -0.3 is 4.74 Å². The topological polar surface area (TPSA) is 26.3 Å². The van der Waals surface area contributed by atoms with Gasteiger partial charge in [-0.15, -0.1) is 0 Å². The third-order valence-corrected chi connectivity index (χ3v) is 2.50. The van der Waals surface area contributed by atoms with E-state index < -0.39 is 0 Å². The fraction of sp³-hybridized carbons (Fsp3) is 0.500. The third kappa shape index (κ3) is 4.96. The van der Waals surface area contributed by atoms with E-state index in [4.69, 9.17) is 4.74 Å². The molecule has 0 amide bonds. The number of ether oxygens (including phenoxy) is 1. The van der Waals surface area contributed by atoms with Crippen molar-refractivity contribution >= 4 is 5.97 Å². The van der Waals surface area contributed by atoms with E-state index in [1.165, 1.54) is 5.56 Å². The van der Waals surface area contributed by atoms with Crippen molar-refractivity contribution in [3.8, 4) is 0 Å². The summed E-state index contributed by atoms with van der Waals surface area (Å²) in [6, 6.07) is 8.05. The lowest BCUT2D eigenvalue weighted by molar-refractivity contribution is -0.145. The Morgan fingerprint density at radius 1 is 1.19 bits per heavy atom. The highest BCUT2D eigenvalue weighted by Gasteiger charge is 2.02. The standard InChI is InChI=1S/C14H20O2/c1-3-4-5-6-14(15)16-11-13-9-7-12(2)8-10-13/h7-10H,3-6,11H2,1-2H3. The smallest absolute Gasteiger partial charge is 0.306 e. The zero-order chi connectivity index (χ0) is 11.8. The first-order chi connectivity index (χ1) is 7.72. The zero-order valence-electron chi connectivity index (χ0n) is 10.2. The van der Waals surface area contributed by atoms with Crippen LogP contribution in [0.5, 0.6) is 0 Å². The molecule has 0 unspecified atom stereocenters. The number of carbonyl (C=O) groups excluding carboxylic acids is 1. The minimum absolute atomic E-state index is 0.0889. The van der Waals surface area contributed by atoms with Gasteiger partial charge in [0, 0.05) is 6.42 Å². The van der Waals surface area contributed by atoms with Crippen LogP contribution in [0, 0.1) is 6.92 Å². The first-order valence-corrected chi connectivity index (χ1v) is 5.93. The summed E-state index contributed by atoms with van der Waals surface area (Å²) < 4.78 is 5.18. The first-order valence-electron chi connectivity index (χ1n) is 5.93. The normalized spacial score (nSPS) is 10.1. The third-order valence-electron chi connectivity index (χ3n) is 2.50. The SMILES string of the molecule is CCCCCC(=O)OCc1ccc(C)cc1. The van der Waals surface area contributed by atoms with Crippen molar-refractivity contribution in [1.29, 1.82) is 0 Å². The number of hydrogen-bond acceptors (Lipinski definition) is 2. The number of hydrogen-bond donors (Lipinski definition) is 0. The molecule has 1 aromatic rings. The molecule has 0 aliphatic heterocycles. The number of esters is 1. The van der Waals surface area contributed by atoms with Gasteiger partial charge in [-0.3, -0.25) is 4.79 Å². The average molecular weight is 220 g/mol. The van der Waals surface area contributed by atoms with Gasteiger partial charge in [-0.1, -0.05) is 49.6 Å². The molecule has 0 aliphatic carbocycles. The minimum atomic E-state index is -0.0889. The lowest BCUT2D eigenvalue weighted by Crippen LogP contribution is -2.04. The molecule has 0 fully saturated rings. The molecule has 88 valence electrons. The quantitative estimate of drug-likeness (QED) is 0.540. The van der Waals surface area contributed by atoms with E-state index in [0.29, 0.717) is 13.0 Å². The molecule has 0 N–H and O–H groups in total. The van der Waals surface area contributed by atoms with Gasteiger partial charge in [0.1, 0.15) is 6.61 Å². The van der Waals surface area contributed by atoms with E-state index in [1.54, 1.807) is 0 Å². The maximum atomic E-state index is 11.3. The molecule has 0 bridgehead atoms. The lowest BCUT2D eigenvalue weighted by Gasteiger charge is -2.04. The van der Waals surface area contributed by atoms with E-state index >= 15 is 0 Å². The molecule has 1 rings (SSSR count). The highest BCUT2D eigenvalue weighted by atomic mass is 16.5. The molecular weight excluding hydrogens is 200 g/mol.